The maximum atomic E-state index is 11.3. The largest absolute Gasteiger partial charge is 0.466 e. The van der Waals surface area contributed by atoms with E-state index in [9.17, 15) is 9.59 Å². The molecular formula is C16H40N2O3. The van der Waals surface area contributed by atoms with E-state index in [1.807, 2.05) is 27.7 Å². The lowest BCUT2D eigenvalue weighted by molar-refractivity contribution is -0.144. The number of hydrogen-bond donors (Lipinski definition) is 2. The third-order valence-corrected chi connectivity index (χ3v) is 2.21. The average molecular weight is 309 g/mol. The third-order valence-electron chi connectivity index (χ3n) is 2.21. The fraction of sp³-hybridized carbons (Fsp3) is 0.875. The molecule has 0 radical (unpaired) electrons. The predicted octanol–water partition coefficient (Wildman–Crippen LogP) is 3.38. The van der Waals surface area contributed by atoms with E-state index in [2.05, 4.69) is 17.6 Å². The lowest BCUT2D eigenvalue weighted by atomic mass is 10.2. The molecule has 0 fully saturated rings. The molecule has 0 aliphatic carbocycles. The summed E-state index contributed by atoms with van der Waals surface area (Å²) in [5.41, 5.74) is 0. The average Bonchev–Trinajstić information content (AvgIpc) is 2.53. The highest BCUT2D eigenvalue weighted by molar-refractivity contribution is 5.81. The van der Waals surface area contributed by atoms with Crippen LogP contribution in [0.4, 0.5) is 0 Å². The zero-order chi connectivity index (χ0) is 16.9. The van der Waals surface area contributed by atoms with Crippen molar-refractivity contribution in [3.8, 4) is 0 Å². The van der Waals surface area contributed by atoms with E-state index in [0.717, 1.165) is 25.9 Å². The van der Waals surface area contributed by atoms with Gasteiger partial charge in [-0.3, -0.25) is 9.59 Å². The quantitative estimate of drug-likeness (QED) is 0.479. The van der Waals surface area contributed by atoms with Crippen molar-refractivity contribution in [2.24, 2.45) is 0 Å². The minimum Gasteiger partial charge on any atom is -0.466 e. The molecule has 0 saturated carbocycles. The molecular weight excluding hydrogens is 268 g/mol. The number of amides is 1. The minimum atomic E-state index is -0.310. The van der Waals surface area contributed by atoms with Gasteiger partial charge in [0, 0.05) is 15.8 Å². The topological polar surface area (TPSA) is 67.4 Å². The van der Waals surface area contributed by atoms with Gasteiger partial charge in [0.05, 0.1) is 13.0 Å². The van der Waals surface area contributed by atoms with Gasteiger partial charge >= 0.3 is 5.97 Å². The second-order valence-electron chi connectivity index (χ2n) is 3.72. The molecule has 0 aliphatic rings. The Bertz CT molecular complexity index is 231. The first-order valence-electron chi connectivity index (χ1n) is 8.33. The molecule has 0 aliphatic heterocycles. The number of nitrogens with one attached hydrogen (secondary N) is 2. The highest BCUT2D eigenvalue weighted by Gasteiger charge is 2.06. The summed E-state index contributed by atoms with van der Waals surface area (Å²) in [5.74, 6) is -0.392. The van der Waals surface area contributed by atoms with Gasteiger partial charge in [0.25, 0.3) is 0 Å². The van der Waals surface area contributed by atoms with Gasteiger partial charge < -0.3 is 15.4 Å². The Morgan fingerprint density at radius 2 is 1.52 bits per heavy atom. The number of ether oxygens (including phenoxy) is 1. The molecule has 21 heavy (non-hydrogen) atoms. The Kier molecular flexibility index (Phi) is 28.4. The number of esters is 1. The summed E-state index contributed by atoms with van der Waals surface area (Å²) >= 11 is 0. The van der Waals surface area contributed by atoms with Gasteiger partial charge in [-0.25, -0.2) is 0 Å². The third kappa shape index (κ3) is 24.3. The molecule has 5 nitrogen and oxygen atoms in total. The first-order chi connectivity index (χ1) is 10.2. The van der Waals surface area contributed by atoms with Crippen LogP contribution < -0.4 is 10.6 Å². The zero-order valence-electron chi connectivity index (χ0n) is 14.9. The van der Waals surface area contributed by atoms with Crippen molar-refractivity contribution in [2.75, 3.05) is 26.2 Å². The van der Waals surface area contributed by atoms with Crippen LogP contribution in [-0.4, -0.2) is 38.1 Å². The second kappa shape index (κ2) is 24.0. The van der Waals surface area contributed by atoms with Gasteiger partial charge in [0.15, 0.2) is 0 Å². The number of carbonyl (C=O) groups excluding carboxylic acids is 2. The minimum absolute atomic E-state index is 0. The molecule has 0 unspecified atom stereocenters. The fourth-order valence-corrected chi connectivity index (χ4v) is 1.32. The smallest absolute Gasteiger partial charge is 0.306 e. The summed E-state index contributed by atoms with van der Waals surface area (Å²) < 4.78 is 4.74. The van der Waals surface area contributed by atoms with Gasteiger partial charge in [-0.2, -0.15) is 0 Å². The normalized spacial score (nSPS) is 8.67. The van der Waals surface area contributed by atoms with Crippen LogP contribution in [0.15, 0.2) is 0 Å². The van der Waals surface area contributed by atoms with Gasteiger partial charge in [-0.15, -0.1) is 0 Å². The van der Waals surface area contributed by atoms with Crippen LogP contribution in [0.3, 0.4) is 0 Å². The number of unbranched alkanes of at least 4 members (excludes halogenated alkanes) is 1. The van der Waals surface area contributed by atoms with Crippen LogP contribution in [0.1, 0.15) is 70.1 Å². The maximum Gasteiger partial charge on any atom is 0.306 e. The lowest BCUT2D eigenvalue weighted by Gasteiger charge is -2.05. The Morgan fingerprint density at radius 3 is 2.05 bits per heavy atom. The lowest BCUT2D eigenvalue weighted by Crippen LogP contribution is -2.26. The zero-order valence-corrected chi connectivity index (χ0v) is 14.9. The van der Waals surface area contributed by atoms with Crippen molar-refractivity contribution in [1.29, 1.82) is 0 Å². The molecule has 0 aromatic carbocycles. The second-order valence-corrected chi connectivity index (χ2v) is 3.72. The molecule has 132 valence electrons. The maximum absolute atomic E-state index is 11.3. The molecule has 0 heterocycles. The summed E-state index contributed by atoms with van der Waals surface area (Å²) in [7, 11) is 0. The van der Waals surface area contributed by atoms with Gasteiger partial charge in [-0.1, -0.05) is 34.6 Å². The molecule has 0 aromatic rings. The number of carbonyl (C=O) groups is 2. The van der Waals surface area contributed by atoms with Gasteiger partial charge in [-0.05, 0) is 32.9 Å². The first-order valence-corrected chi connectivity index (χ1v) is 8.33. The van der Waals surface area contributed by atoms with Crippen LogP contribution in [0.2, 0.25) is 0 Å². The van der Waals surface area contributed by atoms with E-state index in [-0.39, 0.29) is 27.6 Å². The van der Waals surface area contributed by atoms with Crippen molar-refractivity contribution >= 4 is 11.9 Å². The van der Waals surface area contributed by atoms with Crippen LogP contribution in [0.5, 0.6) is 0 Å². The van der Waals surface area contributed by atoms with E-state index in [0.29, 0.717) is 13.2 Å². The summed E-state index contributed by atoms with van der Waals surface area (Å²) in [6.45, 7) is 14.8. The highest BCUT2D eigenvalue weighted by Crippen LogP contribution is 1.93. The van der Waals surface area contributed by atoms with Crippen LogP contribution in [0, 0.1) is 0 Å². The molecule has 2 N–H and O–H groups in total. The van der Waals surface area contributed by atoms with E-state index < -0.39 is 0 Å². The summed E-state index contributed by atoms with van der Waals surface area (Å²) in [6, 6.07) is 0. The Morgan fingerprint density at radius 1 is 0.952 bits per heavy atom. The van der Waals surface area contributed by atoms with Crippen molar-refractivity contribution in [3.05, 3.63) is 0 Å². The molecule has 0 aromatic heterocycles. The van der Waals surface area contributed by atoms with Crippen molar-refractivity contribution in [1.82, 2.24) is 10.6 Å². The molecule has 0 atom stereocenters. The standard InChI is InChI=1S/C12H24N2O3.2C2H6.2H2/c1-3-13-9-5-6-10-14-11(15)7-8-12(16)17-4-2;2*1-2;;/h13H,3-10H2,1-2H3,(H,14,15);2*1-2H3;2*1H. The Balaban J connectivity index is -0.000000166. The number of hydrogen-bond acceptors (Lipinski definition) is 4. The number of rotatable bonds is 10. The van der Waals surface area contributed by atoms with Crippen LogP contribution >= 0.6 is 0 Å². The van der Waals surface area contributed by atoms with Gasteiger partial charge in [0.1, 0.15) is 0 Å². The highest BCUT2D eigenvalue weighted by atomic mass is 16.5. The monoisotopic (exact) mass is 308 g/mol. The van der Waals surface area contributed by atoms with E-state index in [1.54, 1.807) is 6.92 Å². The fourth-order valence-electron chi connectivity index (χ4n) is 1.32. The van der Waals surface area contributed by atoms with E-state index in [4.69, 9.17) is 4.74 Å². The predicted molar refractivity (Wildman–Crippen MR) is 93.6 cm³/mol. The molecule has 0 saturated heterocycles. The molecule has 1 amide bonds. The van der Waals surface area contributed by atoms with Crippen molar-refractivity contribution in [3.63, 3.8) is 0 Å². The van der Waals surface area contributed by atoms with E-state index >= 15 is 0 Å². The summed E-state index contributed by atoms with van der Waals surface area (Å²) in [5, 5.41) is 6.00. The Labute approximate surface area is 134 Å². The van der Waals surface area contributed by atoms with Crippen molar-refractivity contribution < 1.29 is 17.2 Å². The summed E-state index contributed by atoms with van der Waals surface area (Å²) in [6.07, 6.45) is 2.38. The first kappa shape index (κ1) is 24.9. The molecule has 0 spiro atoms. The van der Waals surface area contributed by atoms with Crippen molar-refractivity contribution in [2.45, 2.75) is 67.2 Å². The van der Waals surface area contributed by atoms with Crippen LogP contribution in [-0.2, 0) is 14.3 Å². The SMILES string of the molecule is CC.CC.CCNCCCCNC(=O)CCC(=O)OCC.[HH].[HH]. The Hall–Kier alpha value is -1.10. The summed E-state index contributed by atoms with van der Waals surface area (Å²) in [4.78, 5) is 22.3. The molecule has 5 heteroatoms. The molecule has 0 rings (SSSR count). The van der Waals surface area contributed by atoms with Crippen LogP contribution in [0.25, 0.3) is 0 Å². The van der Waals surface area contributed by atoms with Gasteiger partial charge in [0.2, 0.25) is 5.91 Å². The molecule has 0 bridgehead atoms. The van der Waals surface area contributed by atoms with E-state index in [1.165, 1.54) is 0 Å².